The molecule has 0 N–H and O–H groups in total. The Hall–Kier alpha value is -2.29. The molecule has 2 aliphatic rings. The van der Waals surface area contributed by atoms with Crippen molar-refractivity contribution in [2.45, 2.75) is 64.7 Å². The molecule has 0 bridgehead atoms. The Kier molecular flexibility index (Phi) is 6.17. The number of halogens is 3. The molecule has 4 rings (SSSR count). The molecule has 3 heteroatoms. The van der Waals surface area contributed by atoms with Gasteiger partial charge in [0.05, 0.1) is 0 Å². The van der Waals surface area contributed by atoms with Crippen LogP contribution < -0.4 is 0 Å². The molecule has 0 saturated carbocycles. The maximum absolute atomic E-state index is 15.4. The fraction of sp³-hybridized carbons (Fsp3) is 0.407. The number of unbranched alkanes of at least 4 members (excludes halogenated alkanes) is 2. The van der Waals surface area contributed by atoms with Crippen LogP contribution >= 0.6 is 0 Å². The molecule has 0 saturated heterocycles. The van der Waals surface area contributed by atoms with Crippen molar-refractivity contribution >= 4 is 5.57 Å². The average molecular weight is 411 g/mol. The minimum atomic E-state index is -0.898. The molecule has 0 fully saturated rings. The van der Waals surface area contributed by atoms with Gasteiger partial charge in [-0.1, -0.05) is 44.1 Å². The summed E-state index contributed by atoms with van der Waals surface area (Å²) in [4.78, 5) is 0. The number of aryl methyl sites for hydroxylation is 1. The molecule has 0 heterocycles. The smallest absolute Gasteiger partial charge is 0.167 e. The number of allylic oxidation sites excluding steroid dienone is 3. The highest BCUT2D eigenvalue weighted by atomic mass is 19.2. The molecule has 0 aliphatic heterocycles. The van der Waals surface area contributed by atoms with Gasteiger partial charge in [0.15, 0.2) is 11.6 Å². The zero-order chi connectivity index (χ0) is 21.3. The number of hydrogen-bond donors (Lipinski definition) is 0. The zero-order valence-corrected chi connectivity index (χ0v) is 17.7. The largest absolute Gasteiger partial charge is 0.206 e. The summed E-state index contributed by atoms with van der Waals surface area (Å²) < 4.78 is 44.9. The Morgan fingerprint density at radius 2 is 1.77 bits per heavy atom. The van der Waals surface area contributed by atoms with Gasteiger partial charge < -0.3 is 0 Å². The molecule has 2 aromatic carbocycles. The maximum Gasteiger partial charge on any atom is 0.167 e. The van der Waals surface area contributed by atoms with E-state index in [1.807, 2.05) is 18.2 Å². The van der Waals surface area contributed by atoms with Crippen LogP contribution in [0, 0.1) is 23.4 Å². The van der Waals surface area contributed by atoms with Gasteiger partial charge >= 0.3 is 0 Å². The van der Waals surface area contributed by atoms with Crippen LogP contribution in [0.1, 0.15) is 69.4 Å². The van der Waals surface area contributed by atoms with E-state index in [-0.39, 0.29) is 11.1 Å². The van der Waals surface area contributed by atoms with E-state index in [4.69, 9.17) is 0 Å². The van der Waals surface area contributed by atoms with E-state index in [0.29, 0.717) is 34.6 Å². The second-order valence-corrected chi connectivity index (χ2v) is 8.63. The number of hydrogen-bond acceptors (Lipinski definition) is 0. The Balaban J connectivity index is 1.62. The number of rotatable bonds is 8. The lowest BCUT2D eigenvalue weighted by Gasteiger charge is -2.29. The molecule has 0 nitrogen and oxygen atoms in total. The summed E-state index contributed by atoms with van der Waals surface area (Å²) in [6.07, 6.45) is 12.3. The van der Waals surface area contributed by atoms with E-state index >= 15 is 4.39 Å². The fourth-order valence-corrected chi connectivity index (χ4v) is 4.86. The van der Waals surface area contributed by atoms with E-state index in [0.717, 1.165) is 56.9 Å². The SMILES string of the molecule is C=CCCC1CC=C(c2ccc3c(c2F)-c2c-3cc(CCCCC)c(F)c2F)CC1. The first-order valence-electron chi connectivity index (χ1n) is 11.2. The topological polar surface area (TPSA) is 0 Å². The Morgan fingerprint density at radius 3 is 2.47 bits per heavy atom. The van der Waals surface area contributed by atoms with Crippen LogP contribution in [-0.2, 0) is 6.42 Å². The van der Waals surface area contributed by atoms with Gasteiger partial charge in [-0.15, -0.1) is 6.58 Å². The molecular formula is C27H29F3. The first kappa shape index (κ1) is 21.0. The van der Waals surface area contributed by atoms with Gasteiger partial charge in [-0.25, -0.2) is 13.2 Å². The highest BCUT2D eigenvalue weighted by molar-refractivity contribution is 6.04. The van der Waals surface area contributed by atoms with E-state index in [2.05, 4.69) is 19.6 Å². The molecule has 0 radical (unpaired) electrons. The van der Waals surface area contributed by atoms with Crippen LogP contribution in [0.4, 0.5) is 13.2 Å². The van der Waals surface area contributed by atoms with Crippen LogP contribution in [0.15, 0.2) is 36.9 Å². The third-order valence-corrected chi connectivity index (χ3v) is 6.66. The average Bonchev–Trinajstić information content (AvgIpc) is 2.74. The summed E-state index contributed by atoms with van der Waals surface area (Å²) in [5.74, 6) is -1.51. The normalized spacial score (nSPS) is 17.1. The summed E-state index contributed by atoms with van der Waals surface area (Å²) in [5.41, 5.74) is 3.61. The van der Waals surface area contributed by atoms with Gasteiger partial charge in [-0.3, -0.25) is 0 Å². The van der Waals surface area contributed by atoms with Crippen LogP contribution in [0.2, 0.25) is 0 Å². The molecule has 1 atom stereocenters. The van der Waals surface area contributed by atoms with Crippen molar-refractivity contribution in [1.29, 1.82) is 0 Å². The summed E-state index contributed by atoms with van der Waals surface area (Å²) in [5, 5.41) is 0. The fourth-order valence-electron chi connectivity index (χ4n) is 4.86. The summed E-state index contributed by atoms with van der Waals surface area (Å²) in [7, 11) is 0. The van der Waals surface area contributed by atoms with E-state index < -0.39 is 17.5 Å². The second kappa shape index (κ2) is 8.83. The van der Waals surface area contributed by atoms with E-state index in [9.17, 15) is 8.78 Å². The molecule has 2 aliphatic carbocycles. The minimum Gasteiger partial charge on any atom is -0.206 e. The van der Waals surface area contributed by atoms with Gasteiger partial charge in [-0.2, -0.15) is 0 Å². The molecule has 158 valence electrons. The third-order valence-electron chi connectivity index (χ3n) is 6.66. The number of fused-ring (bicyclic) bond motifs is 4. The minimum absolute atomic E-state index is 0.112. The Bertz CT molecular complexity index is 1000. The van der Waals surface area contributed by atoms with Gasteiger partial charge in [0, 0.05) is 16.7 Å². The molecular weight excluding hydrogens is 381 g/mol. The lowest BCUT2D eigenvalue weighted by Crippen LogP contribution is -2.12. The molecule has 0 aromatic heterocycles. The molecule has 2 aromatic rings. The molecule has 0 amide bonds. The van der Waals surface area contributed by atoms with Gasteiger partial charge in [0.2, 0.25) is 0 Å². The van der Waals surface area contributed by atoms with Crippen molar-refractivity contribution in [2.75, 3.05) is 0 Å². The summed E-state index contributed by atoms with van der Waals surface area (Å²) in [6.45, 7) is 5.85. The Labute approximate surface area is 177 Å². The standard InChI is InChI=1S/C27H29F3/c1-3-5-7-9-19-16-22-21-15-14-20(18-12-10-17(11-13-18)8-6-4-2)26(29)23(21)24(22)27(30)25(19)28/h4,12,14-17H,2-3,5-11,13H2,1H3. The molecule has 1 unspecified atom stereocenters. The monoisotopic (exact) mass is 410 g/mol. The van der Waals surface area contributed by atoms with E-state index in [1.165, 1.54) is 0 Å². The van der Waals surface area contributed by atoms with Crippen molar-refractivity contribution in [3.63, 3.8) is 0 Å². The van der Waals surface area contributed by atoms with Gasteiger partial charge in [0.25, 0.3) is 0 Å². The number of benzene rings is 2. The Morgan fingerprint density at radius 1 is 1.00 bits per heavy atom. The van der Waals surface area contributed by atoms with Crippen molar-refractivity contribution in [2.24, 2.45) is 5.92 Å². The second-order valence-electron chi connectivity index (χ2n) is 8.63. The van der Waals surface area contributed by atoms with Gasteiger partial charge in [0.1, 0.15) is 5.82 Å². The predicted octanol–water partition coefficient (Wildman–Crippen LogP) is 8.63. The van der Waals surface area contributed by atoms with Crippen molar-refractivity contribution in [3.05, 3.63) is 65.5 Å². The first-order chi connectivity index (χ1) is 14.6. The van der Waals surface area contributed by atoms with Crippen molar-refractivity contribution < 1.29 is 13.2 Å². The predicted molar refractivity (Wildman–Crippen MR) is 119 cm³/mol. The first-order valence-corrected chi connectivity index (χ1v) is 11.2. The zero-order valence-electron chi connectivity index (χ0n) is 17.7. The van der Waals surface area contributed by atoms with Gasteiger partial charge in [-0.05, 0) is 79.2 Å². The molecule has 0 spiro atoms. The molecule has 30 heavy (non-hydrogen) atoms. The highest BCUT2D eigenvalue weighted by Crippen LogP contribution is 2.52. The maximum atomic E-state index is 15.4. The quantitative estimate of drug-likeness (QED) is 0.257. The lowest BCUT2D eigenvalue weighted by atomic mass is 9.76. The lowest BCUT2D eigenvalue weighted by molar-refractivity contribution is 0.453. The van der Waals surface area contributed by atoms with Crippen molar-refractivity contribution in [3.8, 4) is 22.3 Å². The van der Waals surface area contributed by atoms with Crippen LogP contribution in [-0.4, -0.2) is 0 Å². The van der Waals surface area contributed by atoms with Crippen LogP contribution in [0.25, 0.3) is 27.8 Å². The summed E-state index contributed by atoms with van der Waals surface area (Å²) >= 11 is 0. The van der Waals surface area contributed by atoms with Crippen molar-refractivity contribution in [1.82, 2.24) is 0 Å². The highest BCUT2D eigenvalue weighted by Gasteiger charge is 2.34. The van der Waals surface area contributed by atoms with Crippen LogP contribution in [0.5, 0.6) is 0 Å². The summed E-state index contributed by atoms with van der Waals surface area (Å²) in [6, 6.07) is 5.40. The third kappa shape index (κ3) is 3.64. The van der Waals surface area contributed by atoms with E-state index in [1.54, 1.807) is 6.07 Å². The van der Waals surface area contributed by atoms with Crippen LogP contribution in [0.3, 0.4) is 0 Å².